The first-order valence-corrected chi connectivity index (χ1v) is 7.18. The molecular formula is C14H29NO2. The highest BCUT2D eigenvalue weighted by molar-refractivity contribution is 4.70. The molecule has 1 aliphatic carbocycles. The number of hydrogen-bond acceptors (Lipinski definition) is 3. The van der Waals surface area contributed by atoms with E-state index in [1.54, 1.807) is 0 Å². The van der Waals surface area contributed by atoms with Crippen LogP contribution in [-0.4, -0.2) is 37.5 Å². The van der Waals surface area contributed by atoms with Crippen molar-refractivity contribution in [2.24, 2.45) is 11.8 Å². The molecule has 0 aromatic rings. The van der Waals surface area contributed by atoms with E-state index >= 15 is 0 Å². The Kier molecular flexibility index (Phi) is 7.82. The third kappa shape index (κ3) is 6.39. The van der Waals surface area contributed by atoms with Crippen LogP contribution < -0.4 is 5.32 Å². The van der Waals surface area contributed by atoms with Gasteiger partial charge in [0, 0.05) is 19.3 Å². The summed E-state index contributed by atoms with van der Waals surface area (Å²) in [6, 6.07) is 0.199. The monoisotopic (exact) mass is 243 g/mol. The average molecular weight is 243 g/mol. The van der Waals surface area contributed by atoms with Crippen LogP contribution in [0.5, 0.6) is 0 Å². The van der Waals surface area contributed by atoms with E-state index in [4.69, 9.17) is 9.84 Å². The lowest BCUT2D eigenvalue weighted by Gasteiger charge is -2.26. The van der Waals surface area contributed by atoms with E-state index in [-0.39, 0.29) is 12.6 Å². The quantitative estimate of drug-likeness (QED) is 0.642. The largest absolute Gasteiger partial charge is 0.395 e. The molecule has 1 fully saturated rings. The zero-order valence-corrected chi connectivity index (χ0v) is 11.5. The Morgan fingerprint density at radius 2 is 2.24 bits per heavy atom. The molecular weight excluding hydrogens is 214 g/mol. The fourth-order valence-electron chi connectivity index (χ4n) is 2.73. The molecule has 3 heteroatoms. The topological polar surface area (TPSA) is 41.5 Å². The van der Waals surface area contributed by atoms with Gasteiger partial charge in [0.2, 0.25) is 0 Å². The number of likely N-dealkylation sites (N-methyl/N-ethyl adjacent to an activating group) is 1. The number of hydrogen-bond donors (Lipinski definition) is 2. The predicted molar refractivity (Wildman–Crippen MR) is 71.1 cm³/mol. The Labute approximate surface area is 106 Å². The second-order valence-electron chi connectivity index (χ2n) is 5.44. The van der Waals surface area contributed by atoms with Crippen molar-refractivity contribution >= 4 is 0 Å². The molecule has 0 saturated heterocycles. The Balaban J connectivity index is 2.02. The van der Waals surface area contributed by atoms with E-state index in [2.05, 4.69) is 19.2 Å². The fourth-order valence-corrected chi connectivity index (χ4v) is 2.73. The van der Waals surface area contributed by atoms with Crippen molar-refractivity contribution in [3.05, 3.63) is 0 Å². The maximum atomic E-state index is 9.12. The standard InChI is InChI=1S/C14H29NO2/c1-3-15-14(10-16)7-8-17-11-13-6-4-5-12(2)9-13/h12-16H,3-11H2,1-2H3. The SMILES string of the molecule is CCNC(CO)CCOCC1CCCC(C)C1. The first kappa shape index (κ1) is 14.9. The molecule has 3 atom stereocenters. The summed E-state index contributed by atoms with van der Waals surface area (Å²) in [6.45, 7) is 7.20. The Bertz CT molecular complexity index is 187. The molecule has 0 radical (unpaired) electrons. The van der Waals surface area contributed by atoms with E-state index in [9.17, 15) is 0 Å². The maximum Gasteiger partial charge on any atom is 0.0585 e. The summed E-state index contributed by atoms with van der Waals surface area (Å²) >= 11 is 0. The van der Waals surface area contributed by atoms with Crippen LogP contribution in [0.4, 0.5) is 0 Å². The van der Waals surface area contributed by atoms with Gasteiger partial charge in [-0.3, -0.25) is 0 Å². The van der Waals surface area contributed by atoms with Crippen molar-refractivity contribution < 1.29 is 9.84 Å². The molecule has 0 aliphatic heterocycles. The number of ether oxygens (including phenoxy) is 1. The van der Waals surface area contributed by atoms with Crippen LogP contribution in [0.3, 0.4) is 0 Å². The van der Waals surface area contributed by atoms with Gasteiger partial charge < -0.3 is 15.2 Å². The van der Waals surface area contributed by atoms with Gasteiger partial charge in [0.1, 0.15) is 0 Å². The maximum absolute atomic E-state index is 9.12. The molecule has 0 spiro atoms. The number of aliphatic hydroxyl groups excluding tert-OH is 1. The summed E-state index contributed by atoms with van der Waals surface area (Å²) in [4.78, 5) is 0. The zero-order valence-electron chi connectivity index (χ0n) is 11.5. The normalized spacial score (nSPS) is 27.0. The van der Waals surface area contributed by atoms with Gasteiger partial charge in [-0.1, -0.05) is 26.7 Å². The highest BCUT2D eigenvalue weighted by atomic mass is 16.5. The van der Waals surface area contributed by atoms with Crippen LogP contribution in [0.2, 0.25) is 0 Å². The van der Waals surface area contributed by atoms with Crippen LogP contribution in [0.25, 0.3) is 0 Å². The van der Waals surface area contributed by atoms with E-state index in [0.29, 0.717) is 0 Å². The molecule has 2 N–H and O–H groups in total. The predicted octanol–water partition coefficient (Wildman–Crippen LogP) is 2.19. The molecule has 1 aliphatic rings. The molecule has 0 aromatic heterocycles. The third-order valence-corrected chi connectivity index (χ3v) is 3.72. The van der Waals surface area contributed by atoms with E-state index < -0.39 is 0 Å². The third-order valence-electron chi connectivity index (χ3n) is 3.72. The first-order valence-electron chi connectivity index (χ1n) is 7.18. The van der Waals surface area contributed by atoms with Crippen LogP contribution in [0.15, 0.2) is 0 Å². The van der Waals surface area contributed by atoms with Crippen molar-refractivity contribution in [3.63, 3.8) is 0 Å². The lowest BCUT2D eigenvalue weighted by Crippen LogP contribution is -2.33. The van der Waals surface area contributed by atoms with Crippen LogP contribution in [0, 0.1) is 11.8 Å². The minimum absolute atomic E-state index is 0.199. The summed E-state index contributed by atoms with van der Waals surface area (Å²) in [6.07, 6.45) is 6.33. The van der Waals surface area contributed by atoms with Crippen molar-refractivity contribution in [2.75, 3.05) is 26.4 Å². The summed E-state index contributed by atoms with van der Waals surface area (Å²) in [5.74, 6) is 1.65. The smallest absolute Gasteiger partial charge is 0.0585 e. The van der Waals surface area contributed by atoms with Gasteiger partial charge >= 0.3 is 0 Å². The van der Waals surface area contributed by atoms with E-state index in [0.717, 1.165) is 38.0 Å². The Hall–Kier alpha value is -0.120. The number of nitrogens with one attached hydrogen (secondary N) is 1. The fraction of sp³-hybridized carbons (Fsp3) is 1.00. The second kappa shape index (κ2) is 8.90. The van der Waals surface area contributed by atoms with Crippen molar-refractivity contribution in [1.82, 2.24) is 5.32 Å². The average Bonchev–Trinajstić information content (AvgIpc) is 2.33. The minimum atomic E-state index is 0.199. The Morgan fingerprint density at radius 3 is 2.88 bits per heavy atom. The molecule has 1 rings (SSSR count). The van der Waals surface area contributed by atoms with Crippen LogP contribution >= 0.6 is 0 Å². The molecule has 102 valence electrons. The van der Waals surface area contributed by atoms with E-state index in [1.165, 1.54) is 25.7 Å². The molecule has 0 aromatic carbocycles. The van der Waals surface area contributed by atoms with Gasteiger partial charge in [0.15, 0.2) is 0 Å². The van der Waals surface area contributed by atoms with Gasteiger partial charge in [-0.15, -0.1) is 0 Å². The van der Waals surface area contributed by atoms with Gasteiger partial charge in [0.25, 0.3) is 0 Å². The lowest BCUT2D eigenvalue weighted by molar-refractivity contribution is 0.0664. The molecule has 1 saturated carbocycles. The van der Waals surface area contributed by atoms with Gasteiger partial charge in [-0.25, -0.2) is 0 Å². The summed E-state index contributed by atoms with van der Waals surface area (Å²) < 4.78 is 5.75. The molecule has 0 amide bonds. The molecule has 0 heterocycles. The summed E-state index contributed by atoms with van der Waals surface area (Å²) in [5, 5.41) is 12.4. The van der Waals surface area contributed by atoms with Crippen molar-refractivity contribution in [1.29, 1.82) is 0 Å². The molecule has 17 heavy (non-hydrogen) atoms. The second-order valence-corrected chi connectivity index (χ2v) is 5.44. The van der Waals surface area contributed by atoms with E-state index in [1.807, 2.05) is 0 Å². The summed E-state index contributed by atoms with van der Waals surface area (Å²) in [5.41, 5.74) is 0. The number of rotatable bonds is 8. The molecule has 3 unspecified atom stereocenters. The zero-order chi connectivity index (χ0) is 12.5. The van der Waals surface area contributed by atoms with Crippen molar-refractivity contribution in [2.45, 2.75) is 52.0 Å². The van der Waals surface area contributed by atoms with Crippen molar-refractivity contribution in [3.8, 4) is 0 Å². The highest BCUT2D eigenvalue weighted by Crippen LogP contribution is 2.28. The minimum Gasteiger partial charge on any atom is -0.395 e. The number of aliphatic hydroxyl groups is 1. The van der Waals surface area contributed by atoms with Gasteiger partial charge in [0.05, 0.1) is 6.61 Å². The van der Waals surface area contributed by atoms with Crippen LogP contribution in [0.1, 0.15) is 46.0 Å². The first-order chi connectivity index (χ1) is 8.26. The summed E-state index contributed by atoms with van der Waals surface area (Å²) in [7, 11) is 0. The van der Waals surface area contributed by atoms with Crippen LogP contribution in [-0.2, 0) is 4.74 Å². The lowest BCUT2D eigenvalue weighted by atomic mass is 9.83. The highest BCUT2D eigenvalue weighted by Gasteiger charge is 2.18. The molecule has 3 nitrogen and oxygen atoms in total. The van der Waals surface area contributed by atoms with Gasteiger partial charge in [-0.2, -0.15) is 0 Å². The molecule has 0 bridgehead atoms. The Morgan fingerprint density at radius 1 is 1.41 bits per heavy atom. The van der Waals surface area contributed by atoms with Gasteiger partial charge in [-0.05, 0) is 37.6 Å².